The highest BCUT2D eigenvalue weighted by Crippen LogP contribution is 2.09. The summed E-state index contributed by atoms with van der Waals surface area (Å²) in [5.74, 6) is -0.121. The number of hydrogen-bond acceptors (Lipinski definition) is 2. The second-order valence-corrected chi connectivity index (χ2v) is 3.89. The molecule has 0 saturated heterocycles. The predicted molar refractivity (Wildman–Crippen MR) is 69.1 cm³/mol. The van der Waals surface area contributed by atoms with E-state index < -0.39 is 6.04 Å². The molecule has 1 aromatic carbocycles. The maximum Gasteiger partial charge on any atom is 0.236 e. The average Bonchev–Trinajstić information content (AvgIpc) is 2.20. The number of carbonyl (C=O) groups is 1. The molecule has 90 valence electrons. The van der Waals surface area contributed by atoms with E-state index in [2.05, 4.69) is 5.32 Å². The van der Waals surface area contributed by atoms with Crippen molar-refractivity contribution in [1.82, 2.24) is 5.32 Å². The lowest BCUT2D eigenvalue weighted by molar-refractivity contribution is -0.121. The van der Waals surface area contributed by atoms with E-state index in [1.807, 2.05) is 24.3 Å². The fourth-order valence-corrected chi connectivity index (χ4v) is 1.27. The van der Waals surface area contributed by atoms with E-state index in [0.29, 0.717) is 6.54 Å². The summed E-state index contributed by atoms with van der Waals surface area (Å²) >= 11 is 5.75. The number of carbonyl (C=O) groups excluding carboxylic acids is 1. The highest BCUT2D eigenvalue weighted by Gasteiger charge is 2.05. The number of benzene rings is 1. The molecule has 0 aromatic heterocycles. The first-order valence-electron chi connectivity index (χ1n) is 4.87. The molecule has 1 atom stereocenters. The summed E-state index contributed by atoms with van der Waals surface area (Å²) in [6.45, 7) is 2.26. The minimum absolute atomic E-state index is 0. The van der Waals surface area contributed by atoms with Crippen LogP contribution in [0, 0.1) is 0 Å². The maximum absolute atomic E-state index is 11.1. The molecule has 0 unspecified atom stereocenters. The van der Waals surface area contributed by atoms with Gasteiger partial charge >= 0.3 is 0 Å². The molecule has 1 aromatic rings. The van der Waals surface area contributed by atoms with Gasteiger partial charge in [0.15, 0.2) is 0 Å². The van der Waals surface area contributed by atoms with Gasteiger partial charge in [0.05, 0.1) is 6.04 Å². The largest absolute Gasteiger partial charge is 0.354 e. The molecule has 16 heavy (non-hydrogen) atoms. The molecule has 0 aliphatic heterocycles. The van der Waals surface area contributed by atoms with Crippen LogP contribution in [0.1, 0.15) is 12.5 Å². The van der Waals surface area contributed by atoms with Crippen LogP contribution in [0.5, 0.6) is 0 Å². The van der Waals surface area contributed by atoms with Crippen LogP contribution < -0.4 is 11.1 Å². The Morgan fingerprint density at radius 2 is 2.00 bits per heavy atom. The van der Waals surface area contributed by atoms with E-state index in [0.717, 1.165) is 17.0 Å². The zero-order chi connectivity index (χ0) is 11.3. The monoisotopic (exact) mass is 262 g/mol. The van der Waals surface area contributed by atoms with Crippen LogP contribution >= 0.6 is 24.0 Å². The van der Waals surface area contributed by atoms with Gasteiger partial charge in [0.2, 0.25) is 5.91 Å². The van der Waals surface area contributed by atoms with Gasteiger partial charge in [0, 0.05) is 11.6 Å². The lowest BCUT2D eigenvalue weighted by Gasteiger charge is -2.07. The maximum atomic E-state index is 11.1. The number of nitrogens with one attached hydrogen (secondary N) is 1. The van der Waals surface area contributed by atoms with E-state index in [4.69, 9.17) is 17.3 Å². The van der Waals surface area contributed by atoms with Crippen LogP contribution in [0.15, 0.2) is 24.3 Å². The van der Waals surface area contributed by atoms with Gasteiger partial charge in [0.1, 0.15) is 0 Å². The Labute approximate surface area is 107 Å². The molecule has 0 saturated carbocycles. The van der Waals surface area contributed by atoms with Crippen molar-refractivity contribution in [1.29, 1.82) is 0 Å². The third-order valence-corrected chi connectivity index (χ3v) is 2.29. The highest BCUT2D eigenvalue weighted by atomic mass is 35.5. The smallest absolute Gasteiger partial charge is 0.236 e. The van der Waals surface area contributed by atoms with Crippen molar-refractivity contribution < 1.29 is 4.79 Å². The molecule has 0 bridgehead atoms. The van der Waals surface area contributed by atoms with E-state index in [-0.39, 0.29) is 18.3 Å². The summed E-state index contributed by atoms with van der Waals surface area (Å²) in [4.78, 5) is 11.1. The summed E-state index contributed by atoms with van der Waals surface area (Å²) < 4.78 is 0. The van der Waals surface area contributed by atoms with Crippen molar-refractivity contribution in [3.8, 4) is 0 Å². The van der Waals surface area contributed by atoms with Crippen molar-refractivity contribution in [3.63, 3.8) is 0 Å². The van der Waals surface area contributed by atoms with Gasteiger partial charge < -0.3 is 11.1 Å². The summed E-state index contributed by atoms with van der Waals surface area (Å²) in [7, 11) is 0. The Morgan fingerprint density at radius 3 is 2.50 bits per heavy atom. The summed E-state index contributed by atoms with van der Waals surface area (Å²) in [6, 6.07) is 7.12. The van der Waals surface area contributed by atoms with Crippen molar-refractivity contribution >= 4 is 29.9 Å². The van der Waals surface area contributed by atoms with Crippen LogP contribution in [0.3, 0.4) is 0 Å². The third kappa shape index (κ3) is 5.35. The Kier molecular flexibility index (Phi) is 7.13. The van der Waals surface area contributed by atoms with E-state index in [1.165, 1.54) is 0 Å². The van der Waals surface area contributed by atoms with Gasteiger partial charge in [0.25, 0.3) is 0 Å². The van der Waals surface area contributed by atoms with Gasteiger partial charge in [-0.25, -0.2) is 0 Å². The van der Waals surface area contributed by atoms with Gasteiger partial charge in [-0.1, -0.05) is 23.7 Å². The third-order valence-electron chi connectivity index (χ3n) is 2.04. The van der Waals surface area contributed by atoms with E-state index >= 15 is 0 Å². The second-order valence-electron chi connectivity index (χ2n) is 3.46. The molecular weight excluding hydrogens is 247 g/mol. The molecule has 1 rings (SSSR count). The average molecular weight is 263 g/mol. The van der Waals surface area contributed by atoms with E-state index in [9.17, 15) is 4.79 Å². The van der Waals surface area contributed by atoms with Gasteiger partial charge in [-0.05, 0) is 31.0 Å². The second kappa shape index (κ2) is 7.49. The highest BCUT2D eigenvalue weighted by molar-refractivity contribution is 6.30. The van der Waals surface area contributed by atoms with Gasteiger partial charge in [-0.15, -0.1) is 12.4 Å². The Hall–Kier alpha value is -0.770. The van der Waals surface area contributed by atoms with Crippen molar-refractivity contribution in [3.05, 3.63) is 34.9 Å². The first-order chi connectivity index (χ1) is 7.09. The van der Waals surface area contributed by atoms with Crippen LogP contribution in [0.25, 0.3) is 0 Å². The molecular formula is C11H16Cl2N2O. The molecule has 0 radical (unpaired) electrons. The lowest BCUT2D eigenvalue weighted by Crippen LogP contribution is -2.39. The van der Waals surface area contributed by atoms with Crippen molar-refractivity contribution in [2.45, 2.75) is 19.4 Å². The zero-order valence-electron chi connectivity index (χ0n) is 9.07. The molecule has 0 fully saturated rings. The van der Waals surface area contributed by atoms with Crippen LogP contribution in [0.2, 0.25) is 5.02 Å². The number of halogens is 2. The molecule has 5 heteroatoms. The first-order valence-corrected chi connectivity index (χ1v) is 5.25. The van der Waals surface area contributed by atoms with Crippen LogP contribution in [-0.2, 0) is 11.2 Å². The minimum Gasteiger partial charge on any atom is -0.354 e. The normalized spacial score (nSPS) is 11.4. The molecule has 3 N–H and O–H groups in total. The lowest BCUT2D eigenvalue weighted by atomic mass is 10.1. The standard InChI is InChI=1S/C11H15ClN2O.ClH/c1-8(13)11(15)14-7-6-9-2-4-10(12)5-3-9;/h2-5,8H,6-7,13H2,1H3,(H,14,15);1H/t8-;/m0./s1. The van der Waals surface area contributed by atoms with Gasteiger partial charge in [-0.3, -0.25) is 4.79 Å². The minimum atomic E-state index is -0.449. The number of rotatable bonds is 4. The molecule has 3 nitrogen and oxygen atoms in total. The van der Waals surface area contributed by atoms with Crippen LogP contribution in [0.4, 0.5) is 0 Å². The number of nitrogens with two attached hydrogens (primary N) is 1. The molecule has 0 aliphatic rings. The topological polar surface area (TPSA) is 55.1 Å². The summed E-state index contributed by atoms with van der Waals surface area (Å²) in [5.41, 5.74) is 6.55. The Morgan fingerprint density at radius 1 is 1.44 bits per heavy atom. The Bertz CT molecular complexity index is 325. The first kappa shape index (κ1) is 15.2. The number of hydrogen-bond donors (Lipinski definition) is 2. The van der Waals surface area contributed by atoms with E-state index in [1.54, 1.807) is 6.92 Å². The number of amides is 1. The van der Waals surface area contributed by atoms with Crippen LogP contribution in [-0.4, -0.2) is 18.5 Å². The SMILES string of the molecule is C[C@H](N)C(=O)NCCc1ccc(Cl)cc1.Cl. The van der Waals surface area contributed by atoms with Crippen molar-refractivity contribution in [2.24, 2.45) is 5.73 Å². The Balaban J connectivity index is 0.00000225. The summed E-state index contributed by atoms with van der Waals surface area (Å²) in [6.07, 6.45) is 0.787. The zero-order valence-corrected chi connectivity index (χ0v) is 10.6. The molecule has 1 amide bonds. The summed E-state index contributed by atoms with van der Waals surface area (Å²) in [5, 5.41) is 3.47. The fourth-order valence-electron chi connectivity index (χ4n) is 1.14. The van der Waals surface area contributed by atoms with Crippen molar-refractivity contribution in [2.75, 3.05) is 6.54 Å². The quantitative estimate of drug-likeness (QED) is 0.869. The molecule has 0 spiro atoms. The van der Waals surface area contributed by atoms with Gasteiger partial charge in [-0.2, -0.15) is 0 Å². The predicted octanol–water partition coefficient (Wildman–Crippen LogP) is 1.77. The fraction of sp³-hybridized carbons (Fsp3) is 0.364. The molecule has 0 aliphatic carbocycles. The molecule has 0 heterocycles.